The van der Waals surface area contributed by atoms with E-state index in [1.54, 1.807) is 19.1 Å². The maximum atomic E-state index is 13.0. The molecule has 1 aliphatic rings. The number of rotatable bonds is 4. The lowest BCUT2D eigenvalue weighted by molar-refractivity contribution is -0.137. The predicted octanol–water partition coefficient (Wildman–Crippen LogP) is 5.11. The summed E-state index contributed by atoms with van der Waals surface area (Å²) in [6, 6.07) is 1.77. The molecule has 162 valence electrons. The fourth-order valence-electron chi connectivity index (χ4n) is 2.70. The minimum Gasteiger partial charge on any atom is -0.507 e. The van der Waals surface area contributed by atoms with Gasteiger partial charge in [0.25, 0.3) is 0 Å². The van der Waals surface area contributed by atoms with Gasteiger partial charge in [0, 0.05) is 13.1 Å². The van der Waals surface area contributed by atoms with E-state index in [1.807, 2.05) is 0 Å². The average molecular weight is 456 g/mol. The van der Waals surface area contributed by atoms with E-state index in [2.05, 4.69) is 0 Å². The smallest absolute Gasteiger partial charge is 0.416 e. The van der Waals surface area contributed by atoms with Gasteiger partial charge in [0.05, 0.1) is 11.1 Å². The first kappa shape index (κ1) is 23.9. The van der Waals surface area contributed by atoms with E-state index in [9.17, 15) is 37.4 Å². The van der Waals surface area contributed by atoms with Crippen LogP contribution in [0.2, 0.25) is 0 Å². The molecule has 1 aromatic carbocycles. The number of halogens is 3. The Morgan fingerprint density at radius 3 is 2.41 bits per heavy atom. The number of allylic oxidation sites excluding steroid dienone is 3. The topological polar surface area (TPSA) is 113 Å². The van der Waals surface area contributed by atoms with E-state index in [4.69, 9.17) is 9.05 Å². The summed E-state index contributed by atoms with van der Waals surface area (Å²) in [7, 11) is -9.32. The molecule has 3 N–H and O–H groups in total. The Labute approximate surface area is 165 Å². The van der Waals surface area contributed by atoms with E-state index in [1.165, 1.54) is 13.0 Å². The zero-order chi connectivity index (χ0) is 22.3. The number of alkyl halides is 3. The van der Waals surface area contributed by atoms with Gasteiger partial charge >= 0.3 is 13.8 Å². The van der Waals surface area contributed by atoms with Gasteiger partial charge in [-0.1, -0.05) is 23.8 Å². The van der Waals surface area contributed by atoms with Crippen LogP contribution in [0.3, 0.4) is 0 Å². The fourth-order valence-corrected chi connectivity index (χ4v) is 7.15. The lowest BCUT2D eigenvalue weighted by atomic mass is 10.1. The molecular formula is C17H21F3O7P2. The molecule has 0 aromatic heterocycles. The van der Waals surface area contributed by atoms with Crippen LogP contribution in [0.5, 0.6) is 5.75 Å². The van der Waals surface area contributed by atoms with Crippen molar-refractivity contribution in [1.29, 1.82) is 0 Å². The molecule has 12 heteroatoms. The van der Waals surface area contributed by atoms with Crippen LogP contribution in [0, 0.1) is 0 Å². The highest BCUT2D eigenvalue weighted by molar-refractivity contribution is 7.76. The molecule has 1 fully saturated rings. The molecule has 2 rings (SSSR count). The molecule has 0 saturated carbocycles. The van der Waals surface area contributed by atoms with Crippen LogP contribution in [0.15, 0.2) is 42.0 Å². The molecule has 0 amide bonds. The predicted molar refractivity (Wildman–Crippen MR) is 99.5 cm³/mol. The molecule has 4 unspecified atom stereocenters. The normalized spacial score (nSPS) is 33.9. The van der Waals surface area contributed by atoms with Gasteiger partial charge in [-0.25, -0.2) is 0 Å². The van der Waals surface area contributed by atoms with Gasteiger partial charge in [-0.15, -0.1) is 0 Å². The molecule has 0 radical (unpaired) electrons. The van der Waals surface area contributed by atoms with Gasteiger partial charge in [-0.3, -0.25) is 18.2 Å². The van der Waals surface area contributed by atoms with Crippen molar-refractivity contribution in [3.05, 3.63) is 53.1 Å². The van der Waals surface area contributed by atoms with Crippen molar-refractivity contribution in [3.8, 4) is 5.75 Å². The Bertz CT molecular complexity index is 913. The third-order valence-corrected chi connectivity index (χ3v) is 9.78. The maximum absolute atomic E-state index is 13.0. The maximum Gasteiger partial charge on any atom is 0.416 e. The van der Waals surface area contributed by atoms with Crippen LogP contribution in [0.1, 0.15) is 37.7 Å². The van der Waals surface area contributed by atoms with Gasteiger partial charge in [-0.2, -0.15) is 13.2 Å². The zero-order valence-electron chi connectivity index (χ0n) is 15.8. The largest absolute Gasteiger partial charge is 0.507 e. The Hall–Kier alpha value is -1.41. The van der Waals surface area contributed by atoms with Crippen molar-refractivity contribution >= 4 is 15.0 Å². The third-order valence-electron chi connectivity index (χ3n) is 4.34. The SMILES string of the molecule is CC=CC=C(C)CC1(O)P(C)(=O)OC(c2ccc(C(F)(F)F)cc2O)OP1(=O)O. The average Bonchev–Trinajstić information content (AvgIpc) is 2.56. The summed E-state index contributed by atoms with van der Waals surface area (Å²) >= 11 is 0. The monoisotopic (exact) mass is 456 g/mol. The minimum atomic E-state index is -5.03. The Morgan fingerprint density at radius 2 is 1.93 bits per heavy atom. The summed E-state index contributed by atoms with van der Waals surface area (Å²) in [5.41, 5.74) is -1.19. The van der Waals surface area contributed by atoms with Crippen molar-refractivity contribution in [2.45, 2.75) is 37.8 Å². The number of aromatic hydroxyl groups is 1. The minimum absolute atomic E-state index is 0.385. The highest BCUT2D eigenvalue weighted by Crippen LogP contribution is 2.80. The number of hydrogen-bond acceptors (Lipinski definition) is 6. The number of phenolic OH excluding ortho intramolecular Hbond substituents is 1. The van der Waals surface area contributed by atoms with E-state index < -0.39 is 55.8 Å². The quantitative estimate of drug-likeness (QED) is 0.426. The van der Waals surface area contributed by atoms with Crippen molar-refractivity contribution in [1.82, 2.24) is 0 Å². The van der Waals surface area contributed by atoms with Crippen molar-refractivity contribution in [2.24, 2.45) is 0 Å². The van der Waals surface area contributed by atoms with E-state index in [0.717, 1.165) is 12.7 Å². The molecule has 1 saturated heterocycles. The zero-order valence-corrected chi connectivity index (χ0v) is 17.5. The van der Waals surface area contributed by atoms with Gasteiger partial charge < -0.3 is 15.1 Å². The molecule has 1 heterocycles. The second kappa shape index (κ2) is 8.02. The Kier molecular flexibility index (Phi) is 6.60. The lowest BCUT2D eigenvalue weighted by Crippen LogP contribution is -2.36. The van der Waals surface area contributed by atoms with Crippen LogP contribution >= 0.6 is 15.0 Å². The first-order valence-electron chi connectivity index (χ1n) is 8.33. The second-order valence-electron chi connectivity index (χ2n) is 6.67. The summed E-state index contributed by atoms with van der Waals surface area (Å²) in [6.45, 7) is 4.19. The van der Waals surface area contributed by atoms with Gasteiger partial charge in [0.1, 0.15) is 5.75 Å². The molecule has 7 nitrogen and oxygen atoms in total. The summed E-state index contributed by atoms with van der Waals surface area (Å²) in [4.78, 5) is 10.3. The van der Waals surface area contributed by atoms with Crippen LogP contribution in [-0.2, 0) is 24.4 Å². The van der Waals surface area contributed by atoms with Crippen molar-refractivity contribution < 1.29 is 46.5 Å². The molecule has 0 aliphatic carbocycles. The molecule has 1 aromatic rings. The van der Waals surface area contributed by atoms with Crippen molar-refractivity contribution in [2.75, 3.05) is 6.66 Å². The first-order chi connectivity index (χ1) is 13.1. The molecule has 0 bridgehead atoms. The molecule has 29 heavy (non-hydrogen) atoms. The van der Waals surface area contributed by atoms with Crippen molar-refractivity contribution in [3.63, 3.8) is 0 Å². The van der Waals surface area contributed by atoms with E-state index in [0.29, 0.717) is 17.7 Å². The van der Waals surface area contributed by atoms with Crippen LogP contribution < -0.4 is 0 Å². The summed E-state index contributed by atoms with van der Waals surface area (Å²) < 4.78 is 74.2. The summed E-state index contributed by atoms with van der Waals surface area (Å²) in [5, 5.41) is 17.9. The van der Waals surface area contributed by atoms with Gasteiger partial charge in [-0.05, 0) is 32.0 Å². The first-order valence-corrected chi connectivity index (χ1v) is 12.0. The van der Waals surface area contributed by atoms with Crippen LogP contribution in [0.25, 0.3) is 0 Å². The molecule has 1 aliphatic heterocycles. The van der Waals surface area contributed by atoms with Gasteiger partial charge in [0.15, 0.2) is 0 Å². The number of hydrogen-bond donors (Lipinski definition) is 3. The highest BCUT2D eigenvalue weighted by Gasteiger charge is 2.64. The summed E-state index contributed by atoms with van der Waals surface area (Å²) in [5.74, 6) is -0.931. The standard InChI is InChI=1S/C17H21F3O7P2/c1-4-5-6-11(2)10-16(22)28(3,23)26-15(27-29(16,24)25)13-8-7-12(9-14(13)21)17(18,19)20/h4-9,15,21-22H,10H2,1-3H3,(H,24,25). The van der Waals surface area contributed by atoms with Gasteiger partial charge in [0.2, 0.25) is 18.7 Å². The van der Waals surface area contributed by atoms with Crippen LogP contribution in [-0.4, -0.2) is 26.9 Å². The Morgan fingerprint density at radius 1 is 1.31 bits per heavy atom. The highest BCUT2D eigenvalue weighted by atomic mass is 31.2. The van der Waals surface area contributed by atoms with E-state index >= 15 is 0 Å². The number of benzene rings is 1. The molecular weight excluding hydrogens is 435 g/mol. The second-order valence-corrected chi connectivity index (χ2v) is 11.7. The summed E-state index contributed by atoms with van der Waals surface area (Å²) in [6.07, 6.45) is -2.34. The number of aliphatic hydroxyl groups is 1. The van der Waals surface area contributed by atoms with Crippen LogP contribution in [0.4, 0.5) is 13.2 Å². The lowest BCUT2D eigenvalue weighted by Gasteiger charge is -2.43. The third kappa shape index (κ3) is 4.68. The number of phenols is 1. The fraction of sp³-hybridized carbons (Fsp3) is 0.412. The molecule has 4 atom stereocenters. The van der Waals surface area contributed by atoms with E-state index in [-0.39, 0.29) is 0 Å². The Balaban J connectivity index is 2.43. The molecule has 0 spiro atoms.